The van der Waals surface area contributed by atoms with Crippen LogP contribution in [0, 0.1) is 0 Å². The number of carbonyl (C=O) groups excluding carboxylic acids is 1. The zero-order valence-corrected chi connectivity index (χ0v) is 20.0. The number of benzene rings is 2. The summed E-state index contributed by atoms with van der Waals surface area (Å²) < 4.78 is 3.32. The number of anilines is 1. The Morgan fingerprint density at radius 3 is 2.69 bits per heavy atom. The van der Waals surface area contributed by atoms with E-state index >= 15 is 0 Å². The highest BCUT2D eigenvalue weighted by Gasteiger charge is 2.41. The molecule has 180 valence electrons. The minimum atomic E-state index is -0.379. The summed E-state index contributed by atoms with van der Waals surface area (Å²) in [5.74, 6) is 0. The number of nitrogens with one attached hydrogen (secondary N) is 2. The summed E-state index contributed by atoms with van der Waals surface area (Å²) in [6.45, 7) is 2.49. The molecule has 5 rings (SSSR count). The van der Waals surface area contributed by atoms with E-state index in [2.05, 4.69) is 17.6 Å². The number of amides is 2. The van der Waals surface area contributed by atoms with Gasteiger partial charge >= 0.3 is 6.03 Å². The van der Waals surface area contributed by atoms with Gasteiger partial charge in [0.2, 0.25) is 0 Å². The van der Waals surface area contributed by atoms with Gasteiger partial charge in [0.05, 0.1) is 41.4 Å². The summed E-state index contributed by atoms with van der Waals surface area (Å²) in [5, 5.41) is 21.3. The van der Waals surface area contributed by atoms with Crippen LogP contribution in [0.25, 0.3) is 16.6 Å². The first-order chi connectivity index (χ1) is 16.9. The van der Waals surface area contributed by atoms with Gasteiger partial charge in [-0.1, -0.05) is 30.7 Å². The fourth-order valence-corrected chi connectivity index (χ4v) is 4.40. The number of aliphatic hydroxyl groups is 1. The van der Waals surface area contributed by atoms with Crippen LogP contribution in [0.1, 0.15) is 31.2 Å². The van der Waals surface area contributed by atoms with Crippen LogP contribution in [0.5, 0.6) is 0 Å². The number of fused-ring (bicyclic) bond motifs is 1. The quantitative estimate of drug-likeness (QED) is 0.360. The molecular formula is C26H26ClN5O3. The van der Waals surface area contributed by atoms with E-state index in [0.717, 1.165) is 29.9 Å². The average Bonchev–Trinajstić information content (AvgIpc) is 3.44. The monoisotopic (exact) mass is 491 g/mol. The second kappa shape index (κ2) is 9.20. The Hall–Kier alpha value is -3.62. The van der Waals surface area contributed by atoms with E-state index < -0.39 is 0 Å². The third kappa shape index (κ3) is 4.67. The van der Waals surface area contributed by atoms with Crippen LogP contribution in [0.3, 0.4) is 0 Å². The van der Waals surface area contributed by atoms with Gasteiger partial charge in [-0.25, -0.2) is 9.48 Å². The number of hydrogen-bond acceptors (Lipinski definition) is 4. The molecule has 8 nitrogen and oxygen atoms in total. The predicted octanol–water partition coefficient (Wildman–Crippen LogP) is 4.21. The molecule has 1 aliphatic carbocycles. The second-order valence-electron chi connectivity index (χ2n) is 9.07. The summed E-state index contributed by atoms with van der Waals surface area (Å²) >= 11 is 6.21. The second-order valence-corrected chi connectivity index (χ2v) is 9.50. The summed E-state index contributed by atoms with van der Waals surface area (Å²) in [6.07, 6.45) is 2.19. The molecule has 0 atom stereocenters. The summed E-state index contributed by atoms with van der Waals surface area (Å²) in [6, 6.07) is 17.6. The molecule has 1 fully saturated rings. The van der Waals surface area contributed by atoms with Crippen LogP contribution in [0.15, 0.2) is 65.5 Å². The lowest BCUT2D eigenvalue weighted by Crippen LogP contribution is -2.29. The van der Waals surface area contributed by atoms with Crippen LogP contribution in [-0.2, 0) is 18.5 Å². The molecule has 1 aliphatic rings. The standard InChI is InChI=1S/C26H26ClN5O3/c1-26(10-11-26)23-15-19(32(30-23)18-5-2-4-17(27)14-18)16-28-25(35)29-21-6-3-7-22-20(21)8-9-24(34)31(22)12-13-33/h2-9,14-15,33H,10-13,16H2,1H3,(H2,28,29,35). The van der Waals surface area contributed by atoms with Gasteiger partial charge in [-0.05, 0) is 55.3 Å². The molecule has 0 saturated heterocycles. The third-order valence-electron chi connectivity index (χ3n) is 6.49. The van der Waals surface area contributed by atoms with Crippen molar-refractivity contribution in [1.29, 1.82) is 0 Å². The molecule has 4 aromatic rings. The summed E-state index contributed by atoms with van der Waals surface area (Å²) in [7, 11) is 0. The average molecular weight is 492 g/mol. The van der Waals surface area contributed by atoms with Gasteiger partial charge in [0.1, 0.15) is 0 Å². The molecule has 9 heteroatoms. The van der Waals surface area contributed by atoms with Crippen LogP contribution in [0.2, 0.25) is 5.02 Å². The molecule has 1 saturated carbocycles. The predicted molar refractivity (Wildman–Crippen MR) is 136 cm³/mol. The lowest BCUT2D eigenvalue weighted by Gasteiger charge is -2.14. The maximum Gasteiger partial charge on any atom is 0.319 e. The number of aliphatic hydroxyl groups excluding tert-OH is 1. The van der Waals surface area contributed by atoms with Gasteiger partial charge in [-0.15, -0.1) is 0 Å². The highest BCUT2D eigenvalue weighted by molar-refractivity contribution is 6.30. The smallest absolute Gasteiger partial charge is 0.319 e. The highest BCUT2D eigenvalue weighted by atomic mass is 35.5. The molecule has 3 N–H and O–H groups in total. The van der Waals surface area contributed by atoms with Gasteiger partial charge in [-0.3, -0.25) is 4.79 Å². The largest absolute Gasteiger partial charge is 0.395 e. The van der Waals surface area contributed by atoms with Gasteiger partial charge < -0.3 is 20.3 Å². The van der Waals surface area contributed by atoms with E-state index in [1.165, 1.54) is 10.6 Å². The number of nitrogens with zero attached hydrogens (tertiary/aromatic N) is 3. The molecule has 0 spiro atoms. The van der Waals surface area contributed by atoms with Gasteiger partial charge in [0.25, 0.3) is 5.56 Å². The SMILES string of the molecule is CC1(c2cc(CNC(=O)Nc3cccc4c3ccc(=O)n4CCO)n(-c3cccc(Cl)c3)n2)CC1. The van der Waals surface area contributed by atoms with Crippen molar-refractivity contribution in [3.63, 3.8) is 0 Å². The molecule has 2 amide bonds. The lowest BCUT2D eigenvalue weighted by atomic mass is 10.1. The van der Waals surface area contributed by atoms with E-state index in [4.69, 9.17) is 16.7 Å². The number of aromatic nitrogens is 3. The normalized spacial score (nSPS) is 14.1. The number of hydrogen-bond donors (Lipinski definition) is 3. The molecule has 35 heavy (non-hydrogen) atoms. The minimum absolute atomic E-state index is 0.0775. The van der Waals surface area contributed by atoms with E-state index in [1.54, 1.807) is 24.3 Å². The fourth-order valence-electron chi connectivity index (χ4n) is 4.22. The van der Waals surface area contributed by atoms with Gasteiger partial charge in [0, 0.05) is 28.4 Å². The summed E-state index contributed by atoms with van der Waals surface area (Å²) in [4.78, 5) is 25.0. The van der Waals surface area contributed by atoms with Crippen molar-refractivity contribution in [2.24, 2.45) is 0 Å². The Morgan fingerprint density at radius 1 is 1.14 bits per heavy atom. The molecule has 0 aliphatic heterocycles. The van der Waals surface area contributed by atoms with Crippen molar-refractivity contribution < 1.29 is 9.90 Å². The first-order valence-electron chi connectivity index (χ1n) is 11.5. The Balaban J connectivity index is 1.38. The number of carbonyl (C=O) groups is 1. The Morgan fingerprint density at radius 2 is 1.94 bits per heavy atom. The maximum absolute atomic E-state index is 12.8. The molecule has 0 radical (unpaired) electrons. The number of urea groups is 1. The highest BCUT2D eigenvalue weighted by Crippen LogP contribution is 2.47. The Labute approximate surface area is 207 Å². The zero-order chi connectivity index (χ0) is 24.6. The lowest BCUT2D eigenvalue weighted by molar-refractivity contribution is 0.251. The van der Waals surface area contributed by atoms with Crippen molar-refractivity contribution >= 4 is 34.2 Å². The third-order valence-corrected chi connectivity index (χ3v) is 6.72. The van der Waals surface area contributed by atoms with Crippen molar-refractivity contribution in [3.05, 3.63) is 87.4 Å². The Kier molecular flexibility index (Phi) is 6.08. The van der Waals surface area contributed by atoms with Gasteiger partial charge in [0.15, 0.2) is 0 Å². The summed E-state index contributed by atoms with van der Waals surface area (Å²) in [5.41, 5.74) is 3.77. The molecule has 2 heterocycles. The molecular weight excluding hydrogens is 466 g/mol. The first-order valence-corrected chi connectivity index (χ1v) is 11.9. The number of pyridine rings is 1. The topological polar surface area (TPSA) is 101 Å². The molecule has 2 aromatic carbocycles. The van der Waals surface area contributed by atoms with Crippen molar-refractivity contribution in [1.82, 2.24) is 19.7 Å². The van der Waals surface area contributed by atoms with E-state index in [0.29, 0.717) is 21.6 Å². The molecule has 0 unspecified atom stereocenters. The van der Waals surface area contributed by atoms with Crippen LogP contribution >= 0.6 is 11.6 Å². The van der Waals surface area contributed by atoms with Crippen molar-refractivity contribution in [2.45, 2.75) is 38.3 Å². The van der Waals surface area contributed by atoms with Crippen molar-refractivity contribution in [2.75, 3.05) is 11.9 Å². The van der Waals surface area contributed by atoms with Crippen LogP contribution in [-0.4, -0.2) is 32.1 Å². The van der Waals surface area contributed by atoms with E-state index in [1.807, 2.05) is 35.0 Å². The van der Waals surface area contributed by atoms with E-state index in [9.17, 15) is 14.7 Å². The van der Waals surface area contributed by atoms with Crippen LogP contribution < -0.4 is 16.2 Å². The zero-order valence-electron chi connectivity index (χ0n) is 19.3. The number of halogens is 1. The Bertz CT molecular complexity index is 1470. The van der Waals surface area contributed by atoms with Crippen molar-refractivity contribution in [3.8, 4) is 5.69 Å². The first kappa shape index (κ1) is 23.1. The van der Waals surface area contributed by atoms with Gasteiger partial charge in [-0.2, -0.15) is 5.10 Å². The molecule has 2 aromatic heterocycles. The number of rotatable bonds is 7. The fraction of sp³-hybridized carbons (Fsp3) is 0.269. The molecule has 0 bridgehead atoms. The maximum atomic E-state index is 12.8. The van der Waals surface area contributed by atoms with E-state index in [-0.39, 0.29) is 36.7 Å². The van der Waals surface area contributed by atoms with Crippen LogP contribution in [0.4, 0.5) is 10.5 Å². The minimum Gasteiger partial charge on any atom is -0.395 e.